The summed E-state index contributed by atoms with van der Waals surface area (Å²) in [5.74, 6) is -0.976. The molecule has 0 bridgehead atoms. The summed E-state index contributed by atoms with van der Waals surface area (Å²) < 4.78 is 5.30. The molecule has 0 spiro atoms. The number of aromatic nitrogens is 1. The number of rotatable bonds is 4. The molecule has 32 heavy (non-hydrogen) atoms. The van der Waals surface area contributed by atoms with E-state index in [4.69, 9.17) is 4.74 Å². The lowest BCUT2D eigenvalue weighted by Crippen LogP contribution is -2.29. The second-order valence-corrected chi connectivity index (χ2v) is 7.99. The molecule has 6 heteroatoms. The number of hydrogen-bond donors (Lipinski definition) is 1. The van der Waals surface area contributed by atoms with E-state index >= 15 is 0 Å². The monoisotopic (exact) mass is 428 g/mol. The zero-order valence-corrected chi connectivity index (χ0v) is 18.4. The van der Waals surface area contributed by atoms with Gasteiger partial charge in [0.15, 0.2) is 0 Å². The lowest BCUT2D eigenvalue weighted by Gasteiger charge is -2.26. The number of benzene rings is 2. The van der Waals surface area contributed by atoms with Crippen molar-refractivity contribution in [1.29, 1.82) is 0 Å². The molecule has 1 amide bonds. The largest absolute Gasteiger partial charge is 0.507 e. The summed E-state index contributed by atoms with van der Waals surface area (Å²) in [5.41, 5.74) is 4.46. The molecular formula is C26H24N2O4. The van der Waals surface area contributed by atoms with E-state index in [1.165, 1.54) is 4.90 Å². The summed E-state index contributed by atoms with van der Waals surface area (Å²) in [6.45, 7) is 5.72. The van der Waals surface area contributed by atoms with Gasteiger partial charge in [-0.25, -0.2) is 0 Å². The molecule has 1 N–H and O–H groups in total. The van der Waals surface area contributed by atoms with Crippen molar-refractivity contribution in [3.8, 4) is 5.75 Å². The number of aliphatic hydroxyl groups is 1. The second-order valence-electron chi connectivity index (χ2n) is 7.99. The highest BCUT2D eigenvalue weighted by Gasteiger charge is 2.47. The average Bonchev–Trinajstić information content (AvgIpc) is 3.04. The summed E-state index contributed by atoms with van der Waals surface area (Å²) in [6.07, 6.45) is 3.23. The molecule has 2 aromatic carbocycles. The summed E-state index contributed by atoms with van der Waals surface area (Å²) in [6, 6.07) is 13.6. The molecule has 4 rings (SSSR count). The Morgan fingerprint density at radius 1 is 1.03 bits per heavy atom. The van der Waals surface area contributed by atoms with Crippen molar-refractivity contribution < 1.29 is 19.4 Å². The fourth-order valence-electron chi connectivity index (χ4n) is 4.22. The van der Waals surface area contributed by atoms with Gasteiger partial charge in [-0.1, -0.05) is 12.1 Å². The van der Waals surface area contributed by atoms with Crippen molar-refractivity contribution in [2.75, 3.05) is 12.0 Å². The standard InChI is InChI=1S/C26H24N2O4/c1-15-10-16(2)12-20(11-15)28-23(19-6-5-9-27-14-19)22(25(30)26(28)31)24(29)18-7-8-21(32-4)17(3)13-18/h5-14,23,29H,1-4H3/b24-22-. The van der Waals surface area contributed by atoms with Gasteiger partial charge in [0.25, 0.3) is 11.7 Å². The van der Waals surface area contributed by atoms with E-state index in [1.54, 1.807) is 49.8 Å². The smallest absolute Gasteiger partial charge is 0.300 e. The number of anilines is 1. The van der Waals surface area contributed by atoms with Crippen LogP contribution in [0, 0.1) is 20.8 Å². The lowest BCUT2D eigenvalue weighted by molar-refractivity contribution is -0.132. The summed E-state index contributed by atoms with van der Waals surface area (Å²) in [5, 5.41) is 11.2. The van der Waals surface area contributed by atoms with E-state index < -0.39 is 17.7 Å². The highest BCUT2D eigenvalue weighted by molar-refractivity contribution is 6.51. The van der Waals surface area contributed by atoms with Crippen LogP contribution in [-0.2, 0) is 9.59 Å². The number of amides is 1. The number of carbonyl (C=O) groups excluding carboxylic acids is 2. The first-order valence-electron chi connectivity index (χ1n) is 10.3. The van der Waals surface area contributed by atoms with Crippen LogP contribution in [-0.4, -0.2) is 28.9 Å². The average molecular weight is 428 g/mol. The van der Waals surface area contributed by atoms with Crippen molar-refractivity contribution in [1.82, 2.24) is 4.98 Å². The van der Waals surface area contributed by atoms with E-state index in [2.05, 4.69) is 4.98 Å². The van der Waals surface area contributed by atoms with Crippen molar-refractivity contribution in [2.24, 2.45) is 0 Å². The fourth-order valence-corrected chi connectivity index (χ4v) is 4.22. The topological polar surface area (TPSA) is 79.7 Å². The maximum Gasteiger partial charge on any atom is 0.300 e. The number of methoxy groups -OCH3 is 1. The van der Waals surface area contributed by atoms with E-state index in [-0.39, 0.29) is 11.3 Å². The summed E-state index contributed by atoms with van der Waals surface area (Å²) in [4.78, 5) is 32.0. The van der Waals surface area contributed by atoms with Gasteiger partial charge in [-0.15, -0.1) is 0 Å². The predicted molar refractivity (Wildman–Crippen MR) is 123 cm³/mol. The highest BCUT2D eigenvalue weighted by atomic mass is 16.5. The third kappa shape index (κ3) is 3.64. The van der Waals surface area contributed by atoms with E-state index in [0.717, 1.165) is 16.7 Å². The van der Waals surface area contributed by atoms with Gasteiger partial charge in [-0.3, -0.25) is 19.5 Å². The SMILES string of the molecule is COc1ccc(/C(O)=C2/C(=O)C(=O)N(c3cc(C)cc(C)c3)C2c2cccnc2)cc1C. The number of Topliss-reactive ketones (excluding diaryl/α,β-unsaturated/α-hetero) is 1. The maximum absolute atomic E-state index is 13.2. The van der Waals surface area contributed by atoms with Crippen molar-refractivity contribution in [2.45, 2.75) is 26.8 Å². The van der Waals surface area contributed by atoms with Gasteiger partial charge in [0.1, 0.15) is 11.5 Å². The van der Waals surface area contributed by atoms with E-state index in [0.29, 0.717) is 22.6 Å². The molecular weight excluding hydrogens is 404 g/mol. The van der Waals surface area contributed by atoms with Gasteiger partial charge in [-0.05, 0) is 79.4 Å². The van der Waals surface area contributed by atoms with Crippen molar-refractivity contribution in [3.63, 3.8) is 0 Å². The maximum atomic E-state index is 13.2. The molecule has 3 aromatic rings. The Kier molecular flexibility index (Phi) is 5.53. The zero-order valence-electron chi connectivity index (χ0n) is 18.4. The fraction of sp³-hybridized carbons (Fsp3) is 0.192. The molecule has 1 aliphatic rings. The van der Waals surface area contributed by atoms with Gasteiger partial charge in [0.05, 0.1) is 18.7 Å². The molecule has 0 saturated carbocycles. The van der Waals surface area contributed by atoms with Gasteiger partial charge < -0.3 is 9.84 Å². The summed E-state index contributed by atoms with van der Waals surface area (Å²) in [7, 11) is 1.57. The Bertz CT molecular complexity index is 1230. The first-order valence-corrected chi connectivity index (χ1v) is 10.3. The van der Waals surface area contributed by atoms with Gasteiger partial charge >= 0.3 is 0 Å². The molecule has 1 fully saturated rings. The van der Waals surface area contributed by atoms with Gasteiger partial charge in [0.2, 0.25) is 0 Å². The van der Waals surface area contributed by atoms with Crippen LogP contribution in [0.2, 0.25) is 0 Å². The minimum atomic E-state index is -0.799. The minimum absolute atomic E-state index is 0.0340. The molecule has 0 radical (unpaired) electrons. The zero-order chi connectivity index (χ0) is 23.0. The molecule has 1 aromatic heterocycles. The van der Waals surface area contributed by atoms with Crippen LogP contribution in [0.3, 0.4) is 0 Å². The highest BCUT2D eigenvalue weighted by Crippen LogP contribution is 2.42. The van der Waals surface area contributed by atoms with Crippen LogP contribution >= 0.6 is 0 Å². The number of aryl methyl sites for hydroxylation is 3. The molecule has 0 aliphatic carbocycles. The van der Waals surface area contributed by atoms with Crippen molar-refractivity contribution in [3.05, 3.63) is 94.3 Å². The third-order valence-electron chi connectivity index (χ3n) is 5.60. The minimum Gasteiger partial charge on any atom is -0.507 e. The summed E-state index contributed by atoms with van der Waals surface area (Å²) >= 11 is 0. The van der Waals surface area contributed by atoms with Gasteiger partial charge in [-0.2, -0.15) is 0 Å². The number of ether oxygens (including phenoxy) is 1. The molecule has 162 valence electrons. The number of hydrogen-bond acceptors (Lipinski definition) is 5. The quantitative estimate of drug-likeness (QED) is 0.372. The Labute approximate surface area is 186 Å². The molecule has 1 unspecified atom stereocenters. The van der Waals surface area contributed by atoms with Crippen LogP contribution < -0.4 is 9.64 Å². The lowest BCUT2D eigenvalue weighted by atomic mass is 9.95. The van der Waals surface area contributed by atoms with Gasteiger partial charge in [0, 0.05) is 23.6 Å². The Hall–Kier alpha value is -3.93. The number of ketones is 1. The van der Waals surface area contributed by atoms with Crippen LogP contribution in [0.1, 0.15) is 33.9 Å². The molecule has 1 saturated heterocycles. The number of nitrogens with zero attached hydrogens (tertiary/aromatic N) is 2. The first kappa shape index (κ1) is 21.3. The Balaban J connectivity index is 1.95. The van der Waals surface area contributed by atoms with Crippen LogP contribution in [0.4, 0.5) is 5.69 Å². The van der Waals surface area contributed by atoms with E-state index in [1.807, 2.05) is 39.0 Å². The van der Waals surface area contributed by atoms with Crippen LogP contribution in [0.25, 0.3) is 5.76 Å². The molecule has 6 nitrogen and oxygen atoms in total. The number of pyridine rings is 1. The molecule has 1 aliphatic heterocycles. The Morgan fingerprint density at radius 3 is 2.34 bits per heavy atom. The number of aliphatic hydroxyl groups excluding tert-OH is 1. The molecule has 2 heterocycles. The Morgan fingerprint density at radius 2 is 1.75 bits per heavy atom. The third-order valence-corrected chi connectivity index (χ3v) is 5.60. The number of carbonyl (C=O) groups is 2. The van der Waals surface area contributed by atoms with Crippen molar-refractivity contribution >= 4 is 23.1 Å². The predicted octanol–water partition coefficient (Wildman–Crippen LogP) is 4.64. The van der Waals surface area contributed by atoms with Crippen LogP contribution in [0.5, 0.6) is 5.75 Å². The van der Waals surface area contributed by atoms with E-state index in [9.17, 15) is 14.7 Å². The van der Waals surface area contributed by atoms with Crippen LogP contribution in [0.15, 0.2) is 66.5 Å². The molecule has 1 atom stereocenters. The normalized spacial score (nSPS) is 17.6. The second kappa shape index (κ2) is 8.30. The first-order chi connectivity index (χ1) is 15.3.